The average molecular weight is 532 g/mol. The number of amides is 1. The fraction of sp³-hybridized carbons (Fsp3) is 0.207. The van der Waals surface area contributed by atoms with E-state index in [1.807, 2.05) is 30.3 Å². The molecule has 0 bridgehead atoms. The van der Waals surface area contributed by atoms with Gasteiger partial charge >= 0.3 is 0 Å². The van der Waals surface area contributed by atoms with Crippen molar-refractivity contribution in [3.05, 3.63) is 81.7 Å². The first-order valence-corrected chi connectivity index (χ1v) is 12.4. The molecule has 1 aliphatic rings. The fourth-order valence-corrected chi connectivity index (χ4v) is 5.67. The van der Waals surface area contributed by atoms with Crippen LogP contribution in [0.4, 0.5) is 0 Å². The summed E-state index contributed by atoms with van der Waals surface area (Å²) < 4.78 is 10.8. The minimum absolute atomic E-state index is 0.0204. The molecule has 6 nitrogen and oxygen atoms in total. The van der Waals surface area contributed by atoms with Crippen molar-refractivity contribution in [2.24, 2.45) is 0 Å². The lowest BCUT2D eigenvalue weighted by Gasteiger charge is -2.20. The van der Waals surface area contributed by atoms with Gasteiger partial charge in [0.05, 0.1) is 29.8 Å². The van der Waals surface area contributed by atoms with Crippen molar-refractivity contribution in [1.29, 1.82) is 0 Å². The first-order valence-electron chi connectivity index (χ1n) is 11.6. The van der Waals surface area contributed by atoms with E-state index < -0.39 is 5.91 Å². The summed E-state index contributed by atoms with van der Waals surface area (Å²) in [6, 6.07) is 15.5. The molecular formula is C29H23Cl2N3O3. The number of hydrogen-bond acceptors (Lipinski definition) is 5. The number of aromatic nitrogens is 2. The molecule has 0 radical (unpaired) electrons. The first-order chi connectivity index (χ1) is 17.9. The van der Waals surface area contributed by atoms with Gasteiger partial charge in [-0.05, 0) is 41.2 Å². The van der Waals surface area contributed by atoms with E-state index in [-0.39, 0.29) is 12.0 Å². The van der Waals surface area contributed by atoms with E-state index in [0.717, 1.165) is 22.9 Å². The summed E-state index contributed by atoms with van der Waals surface area (Å²) in [6.07, 6.45) is 8.37. The third kappa shape index (κ3) is 4.69. The Morgan fingerprint density at radius 1 is 1.11 bits per heavy atom. The maximum Gasteiger partial charge on any atom is 0.295 e. The average Bonchev–Trinajstić information content (AvgIpc) is 3.25. The van der Waals surface area contributed by atoms with Crippen molar-refractivity contribution in [2.45, 2.75) is 24.8 Å². The second-order valence-corrected chi connectivity index (χ2v) is 9.54. The molecule has 1 heterocycles. The summed E-state index contributed by atoms with van der Waals surface area (Å²) >= 11 is 13.2. The van der Waals surface area contributed by atoms with Crippen LogP contribution in [0.1, 0.15) is 22.9 Å². The van der Waals surface area contributed by atoms with Crippen LogP contribution in [-0.2, 0) is 17.6 Å². The highest BCUT2D eigenvalue weighted by Crippen LogP contribution is 2.46. The summed E-state index contributed by atoms with van der Waals surface area (Å²) in [5.74, 6) is 3.37. The largest absolute Gasteiger partial charge is 0.495 e. The van der Waals surface area contributed by atoms with Gasteiger partial charge in [-0.3, -0.25) is 4.79 Å². The fourth-order valence-electron chi connectivity index (χ4n) is 4.95. The Bertz CT molecular complexity index is 1540. The Kier molecular flexibility index (Phi) is 6.92. The normalized spacial score (nSPS) is 16.2. The van der Waals surface area contributed by atoms with Crippen molar-refractivity contribution < 1.29 is 14.3 Å². The zero-order valence-electron chi connectivity index (χ0n) is 20.2. The number of ether oxygens (including phenoxy) is 2. The van der Waals surface area contributed by atoms with Crippen LogP contribution in [0.5, 0.6) is 11.5 Å². The maximum absolute atomic E-state index is 12.0. The molecule has 0 aliphatic heterocycles. The number of nitrogens with zero attached hydrogens (tertiary/aromatic N) is 2. The predicted molar refractivity (Wildman–Crippen MR) is 145 cm³/mol. The minimum Gasteiger partial charge on any atom is -0.495 e. The van der Waals surface area contributed by atoms with Crippen LogP contribution in [0.2, 0.25) is 10.0 Å². The molecule has 0 fully saturated rings. The van der Waals surface area contributed by atoms with E-state index in [2.05, 4.69) is 28.4 Å². The van der Waals surface area contributed by atoms with Gasteiger partial charge in [-0.25, -0.2) is 9.97 Å². The number of rotatable bonds is 6. The van der Waals surface area contributed by atoms with Crippen molar-refractivity contribution in [3.8, 4) is 35.0 Å². The van der Waals surface area contributed by atoms with Crippen LogP contribution in [-0.4, -0.2) is 36.1 Å². The molecule has 1 aliphatic carbocycles. The minimum atomic E-state index is -0.416. The summed E-state index contributed by atoms with van der Waals surface area (Å²) in [6.45, 7) is 0. The Labute approximate surface area is 224 Å². The lowest BCUT2D eigenvalue weighted by molar-refractivity contribution is -0.116. The zero-order valence-corrected chi connectivity index (χ0v) is 21.7. The van der Waals surface area contributed by atoms with E-state index in [4.69, 9.17) is 44.1 Å². The molecule has 1 amide bonds. The molecule has 186 valence electrons. The van der Waals surface area contributed by atoms with Crippen LogP contribution in [0.3, 0.4) is 0 Å². The van der Waals surface area contributed by atoms with Gasteiger partial charge in [0.25, 0.3) is 5.91 Å². The standard InChI is InChI=1S/C29H23Cl2N3O3/c1-4-26(35)34-22-12-16-7-5-6-8-19(16)20(22)13-25-32-15-18-11-17(9-10-21(18)33-25)27-28(30)23(36-2)14-24(37-3)29(27)31/h1,5-11,14-15,20,22H,12-13H2,2-3H3,(H,34,35)/t20-,22+/m1/s1. The molecule has 0 unspecified atom stereocenters. The first kappa shape index (κ1) is 24.9. The quantitative estimate of drug-likeness (QED) is 0.327. The van der Waals surface area contributed by atoms with Gasteiger partial charge in [-0.1, -0.05) is 53.5 Å². The van der Waals surface area contributed by atoms with Crippen molar-refractivity contribution >= 4 is 40.0 Å². The lowest BCUT2D eigenvalue weighted by atomic mass is 9.94. The third-order valence-electron chi connectivity index (χ3n) is 6.72. The molecule has 3 aromatic carbocycles. The molecule has 5 rings (SSSR count). The highest BCUT2D eigenvalue weighted by molar-refractivity contribution is 6.41. The number of hydrogen-bond donors (Lipinski definition) is 1. The number of carbonyl (C=O) groups is 1. The molecule has 8 heteroatoms. The zero-order chi connectivity index (χ0) is 26.1. The highest BCUT2D eigenvalue weighted by atomic mass is 35.5. The van der Waals surface area contributed by atoms with Crippen LogP contribution in [0.15, 0.2) is 54.7 Å². The van der Waals surface area contributed by atoms with Gasteiger partial charge < -0.3 is 14.8 Å². The third-order valence-corrected chi connectivity index (χ3v) is 7.47. The number of carbonyl (C=O) groups excluding carboxylic acids is 1. The van der Waals surface area contributed by atoms with Crippen LogP contribution < -0.4 is 14.8 Å². The summed E-state index contributed by atoms with van der Waals surface area (Å²) in [4.78, 5) is 21.4. The van der Waals surface area contributed by atoms with E-state index in [0.29, 0.717) is 39.4 Å². The molecule has 0 saturated carbocycles. The van der Waals surface area contributed by atoms with E-state index in [9.17, 15) is 4.79 Å². The number of nitrogens with one attached hydrogen (secondary N) is 1. The van der Waals surface area contributed by atoms with Gasteiger partial charge in [-0.2, -0.15) is 0 Å². The van der Waals surface area contributed by atoms with Gasteiger partial charge in [0, 0.05) is 41.6 Å². The van der Waals surface area contributed by atoms with Gasteiger partial charge in [0.2, 0.25) is 0 Å². The molecule has 1 aromatic heterocycles. The maximum atomic E-state index is 12.0. The number of fused-ring (bicyclic) bond motifs is 2. The monoisotopic (exact) mass is 531 g/mol. The summed E-state index contributed by atoms with van der Waals surface area (Å²) in [5.41, 5.74) is 4.56. The Morgan fingerprint density at radius 3 is 2.54 bits per heavy atom. The highest BCUT2D eigenvalue weighted by Gasteiger charge is 2.33. The number of terminal acetylenes is 1. The Hall–Kier alpha value is -3.79. The van der Waals surface area contributed by atoms with Crippen molar-refractivity contribution in [3.63, 3.8) is 0 Å². The van der Waals surface area contributed by atoms with Crippen LogP contribution >= 0.6 is 23.2 Å². The van der Waals surface area contributed by atoms with Crippen LogP contribution in [0.25, 0.3) is 22.0 Å². The van der Waals surface area contributed by atoms with Gasteiger partial charge in [0.1, 0.15) is 17.3 Å². The summed E-state index contributed by atoms with van der Waals surface area (Å²) in [5, 5.41) is 4.58. The van der Waals surface area contributed by atoms with Crippen LogP contribution in [0, 0.1) is 12.3 Å². The molecule has 4 aromatic rings. The van der Waals surface area contributed by atoms with E-state index >= 15 is 0 Å². The molecule has 2 atom stereocenters. The smallest absolute Gasteiger partial charge is 0.295 e. The molecule has 1 N–H and O–H groups in total. The molecule has 0 saturated heterocycles. The number of methoxy groups -OCH3 is 2. The topological polar surface area (TPSA) is 73.3 Å². The van der Waals surface area contributed by atoms with E-state index in [1.54, 1.807) is 26.5 Å². The Morgan fingerprint density at radius 2 is 1.84 bits per heavy atom. The van der Waals surface area contributed by atoms with Crippen molar-refractivity contribution in [1.82, 2.24) is 15.3 Å². The SMILES string of the molecule is C#CC(=O)N[C@H]1Cc2ccccc2[C@H]1Cc1ncc2cc(-c3c(Cl)c(OC)cc(OC)c3Cl)ccc2n1. The van der Waals surface area contributed by atoms with Gasteiger partial charge in [0.15, 0.2) is 0 Å². The van der Waals surface area contributed by atoms with Gasteiger partial charge in [-0.15, -0.1) is 6.42 Å². The second kappa shape index (κ2) is 10.3. The molecule has 0 spiro atoms. The van der Waals surface area contributed by atoms with E-state index in [1.165, 1.54) is 11.1 Å². The second-order valence-electron chi connectivity index (χ2n) is 8.78. The number of benzene rings is 3. The molecule has 37 heavy (non-hydrogen) atoms. The Balaban J connectivity index is 1.49. The predicted octanol–water partition coefficient (Wildman–Crippen LogP) is 5.62. The van der Waals surface area contributed by atoms with Crippen molar-refractivity contribution in [2.75, 3.05) is 14.2 Å². The molecular weight excluding hydrogens is 509 g/mol. The number of halogens is 2. The summed E-state index contributed by atoms with van der Waals surface area (Å²) in [7, 11) is 3.08. The lowest BCUT2D eigenvalue weighted by Crippen LogP contribution is -2.37.